The summed E-state index contributed by atoms with van der Waals surface area (Å²) in [6, 6.07) is 14.3. The fourth-order valence-corrected chi connectivity index (χ4v) is 3.75. The van der Waals surface area contributed by atoms with Crippen LogP contribution in [0.25, 0.3) is 10.9 Å². The number of carbonyl (C=O) groups excluding carboxylic acids is 1. The molecule has 1 amide bonds. The third kappa shape index (κ3) is 3.70. The van der Waals surface area contributed by atoms with Gasteiger partial charge in [0.25, 0.3) is 5.91 Å². The van der Waals surface area contributed by atoms with Crippen molar-refractivity contribution in [2.24, 2.45) is 7.05 Å². The van der Waals surface area contributed by atoms with E-state index in [1.54, 1.807) is 10.6 Å². The Morgan fingerprint density at radius 3 is 2.44 bits per heavy atom. The first-order valence-corrected chi connectivity index (χ1v) is 9.40. The number of hydrogen-bond donors (Lipinski definition) is 0. The number of nitrogens with zero attached hydrogens (tertiary/aromatic N) is 3. The minimum Gasteiger partial charge on any atom is -0.340 e. The van der Waals surface area contributed by atoms with Crippen LogP contribution in [0.3, 0.4) is 0 Å². The van der Waals surface area contributed by atoms with Crippen LogP contribution < -0.4 is 0 Å². The smallest absolute Gasteiger partial charge is 0.270 e. The highest BCUT2D eigenvalue weighted by molar-refractivity contribution is 6.30. The quantitative estimate of drug-likeness (QED) is 0.683. The van der Waals surface area contributed by atoms with E-state index in [1.165, 1.54) is 17.7 Å². The van der Waals surface area contributed by atoms with Crippen LogP contribution in [0, 0.1) is 5.82 Å². The van der Waals surface area contributed by atoms with Gasteiger partial charge in [-0.05, 0) is 42.0 Å². The van der Waals surface area contributed by atoms with E-state index in [1.807, 2.05) is 42.3 Å². The molecule has 4 nitrogen and oxygen atoms in total. The number of piperazine rings is 1. The summed E-state index contributed by atoms with van der Waals surface area (Å²) in [6.07, 6.45) is 0. The lowest BCUT2D eigenvalue weighted by atomic mass is 10.2. The summed E-state index contributed by atoms with van der Waals surface area (Å²) in [5, 5.41) is 1.62. The van der Waals surface area contributed by atoms with Crippen LogP contribution in [-0.2, 0) is 13.6 Å². The van der Waals surface area contributed by atoms with Crippen LogP contribution >= 0.6 is 11.6 Å². The van der Waals surface area contributed by atoms with Crippen LogP contribution in [-0.4, -0.2) is 46.5 Å². The van der Waals surface area contributed by atoms with Crippen molar-refractivity contribution in [2.75, 3.05) is 26.2 Å². The van der Waals surface area contributed by atoms with Gasteiger partial charge in [0.15, 0.2) is 0 Å². The maximum atomic E-state index is 13.5. The number of carbonyl (C=O) groups is 1. The second kappa shape index (κ2) is 7.33. The Hall–Kier alpha value is -2.37. The zero-order chi connectivity index (χ0) is 19.0. The van der Waals surface area contributed by atoms with Crippen molar-refractivity contribution >= 4 is 28.4 Å². The van der Waals surface area contributed by atoms with E-state index in [2.05, 4.69) is 4.90 Å². The molecule has 3 aromatic rings. The highest BCUT2D eigenvalue weighted by Gasteiger charge is 2.24. The molecule has 2 aromatic carbocycles. The molecule has 0 saturated carbocycles. The van der Waals surface area contributed by atoms with E-state index >= 15 is 0 Å². The molecule has 0 spiro atoms. The van der Waals surface area contributed by atoms with Gasteiger partial charge in [-0.2, -0.15) is 0 Å². The van der Waals surface area contributed by atoms with Gasteiger partial charge in [-0.15, -0.1) is 0 Å². The molecule has 0 bridgehead atoms. The minimum atomic E-state index is -0.293. The molecule has 140 valence electrons. The number of benzene rings is 2. The maximum absolute atomic E-state index is 13.5. The average molecular weight is 386 g/mol. The molecule has 0 aliphatic carbocycles. The summed E-state index contributed by atoms with van der Waals surface area (Å²) < 4.78 is 15.3. The third-order valence-corrected chi connectivity index (χ3v) is 5.46. The Morgan fingerprint density at radius 1 is 1.04 bits per heavy atom. The highest BCUT2D eigenvalue weighted by Crippen LogP contribution is 2.22. The molecule has 1 aliphatic heterocycles. The van der Waals surface area contributed by atoms with Crippen molar-refractivity contribution in [1.82, 2.24) is 14.4 Å². The van der Waals surface area contributed by atoms with Gasteiger partial charge in [0.05, 0.1) is 5.52 Å². The van der Waals surface area contributed by atoms with Crippen molar-refractivity contribution in [2.45, 2.75) is 6.54 Å². The van der Waals surface area contributed by atoms with Crippen molar-refractivity contribution < 1.29 is 9.18 Å². The first-order chi connectivity index (χ1) is 13.0. The number of aryl methyl sites for hydroxylation is 1. The van der Waals surface area contributed by atoms with Crippen LogP contribution in [0.5, 0.6) is 0 Å². The topological polar surface area (TPSA) is 28.5 Å². The monoisotopic (exact) mass is 385 g/mol. The standard InChI is InChI=1S/C21H21ClFN3O/c1-24-19-13-18(23)7-4-16(19)12-20(24)21(27)26-10-8-25(9-11-26)14-15-2-5-17(22)6-3-15/h2-7,12-13H,8-11,14H2,1H3. The van der Waals surface area contributed by atoms with Crippen LogP contribution in [0.15, 0.2) is 48.5 Å². The second-order valence-electron chi connectivity index (χ2n) is 6.99. The lowest BCUT2D eigenvalue weighted by Gasteiger charge is -2.34. The number of aromatic nitrogens is 1. The van der Waals surface area contributed by atoms with E-state index in [-0.39, 0.29) is 11.7 Å². The molecule has 0 N–H and O–H groups in total. The molecule has 27 heavy (non-hydrogen) atoms. The van der Waals surface area contributed by atoms with Crippen molar-refractivity contribution in [3.05, 3.63) is 70.6 Å². The summed E-state index contributed by atoms with van der Waals surface area (Å²) in [4.78, 5) is 17.2. The predicted octanol–water partition coefficient (Wildman–Crippen LogP) is 3.93. The van der Waals surface area contributed by atoms with E-state index in [9.17, 15) is 9.18 Å². The molecule has 4 rings (SSSR count). The van der Waals surface area contributed by atoms with Gasteiger partial charge in [-0.1, -0.05) is 23.7 Å². The number of halogens is 2. The van der Waals surface area contributed by atoms with Crippen molar-refractivity contribution in [3.63, 3.8) is 0 Å². The summed E-state index contributed by atoms with van der Waals surface area (Å²) >= 11 is 5.94. The molecular weight excluding hydrogens is 365 g/mol. The minimum absolute atomic E-state index is 0.000232. The Labute approximate surface area is 162 Å². The molecule has 1 aromatic heterocycles. The Morgan fingerprint density at radius 2 is 1.74 bits per heavy atom. The normalized spacial score (nSPS) is 15.4. The summed E-state index contributed by atoms with van der Waals surface area (Å²) in [7, 11) is 1.81. The van der Waals surface area contributed by atoms with Gasteiger partial charge in [0.1, 0.15) is 11.5 Å². The summed E-state index contributed by atoms with van der Waals surface area (Å²) in [5.74, 6) is -0.293. The third-order valence-electron chi connectivity index (χ3n) is 5.21. The van der Waals surface area contributed by atoms with E-state index < -0.39 is 0 Å². The first-order valence-electron chi connectivity index (χ1n) is 9.02. The van der Waals surface area contributed by atoms with E-state index in [0.717, 1.165) is 35.6 Å². The summed E-state index contributed by atoms with van der Waals surface area (Å²) in [5.41, 5.74) is 2.55. The Bertz CT molecular complexity index is 975. The van der Waals surface area contributed by atoms with Crippen LogP contribution in [0.2, 0.25) is 5.02 Å². The number of hydrogen-bond acceptors (Lipinski definition) is 2. The van der Waals surface area contributed by atoms with Gasteiger partial charge < -0.3 is 9.47 Å². The van der Waals surface area contributed by atoms with Gasteiger partial charge in [-0.25, -0.2) is 4.39 Å². The second-order valence-corrected chi connectivity index (χ2v) is 7.42. The fraction of sp³-hybridized carbons (Fsp3) is 0.286. The molecule has 1 aliphatic rings. The molecule has 1 fully saturated rings. The lowest BCUT2D eigenvalue weighted by Crippen LogP contribution is -2.48. The SMILES string of the molecule is Cn1c(C(=O)N2CCN(Cc3ccc(Cl)cc3)CC2)cc2ccc(F)cc21. The number of amides is 1. The lowest BCUT2D eigenvalue weighted by molar-refractivity contribution is 0.0619. The van der Waals surface area contributed by atoms with E-state index in [4.69, 9.17) is 11.6 Å². The molecule has 2 heterocycles. The van der Waals surface area contributed by atoms with Gasteiger partial charge in [0.2, 0.25) is 0 Å². The predicted molar refractivity (Wildman–Crippen MR) is 106 cm³/mol. The van der Waals surface area contributed by atoms with Crippen LogP contribution in [0.1, 0.15) is 16.1 Å². The Kier molecular flexibility index (Phi) is 4.89. The largest absolute Gasteiger partial charge is 0.340 e. The molecule has 1 saturated heterocycles. The molecule has 0 atom stereocenters. The molecule has 0 unspecified atom stereocenters. The number of rotatable bonds is 3. The molecule has 0 radical (unpaired) electrons. The first kappa shape index (κ1) is 18.0. The zero-order valence-electron chi connectivity index (χ0n) is 15.2. The van der Waals surface area contributed by atoms with E-state index in [0.29, 0.717) is 18.8 Å². The van der Waals surface area contributed by atoms with Gasteiger partial charge in [0, 0.05) is 50.2 Å². The highest BCUT2D eigenvalue weighted by atomic mass is 35.5. The van der Waals surface area contributed by atoms with Crippen LogP contribution in [0.4, 0.5) is 4.39 Å². The van der Waals surface area contributed by atoms with Crippen molar-refractivity contribution in [3.8, 4) is 0 Å². The van der Waals surface area contributed by atoms with Gasteiger partial charge in [-0.3, -0.25) is 9.69 Å². The molecule has 6 heteroatoms. The average Bonchev–Trinajstić information content (AvgIpc) is 3.00. The zero-order valence-corrected chi connectivity index (χ0v) is 15.9. The maximum Gasteiger partial charge on any atom is 0.270 e. The molecular formula is C21H21ClFN3O. The fourth-order valence-electron chi connectivity index (χ4n) is 3.63. The van der Waals surface area contributed by atoms with Crippen molar-refractivity contribution in [1.29, 1.82) is 0 Å². The summed E-state index contributed by atoms with van der Waals surface area (Å²) in [6.45, 7) is 3.87. The van der Waals surface area contributed by atoms with Gasteiger partial charge >= 0.3 is 0 Å². The Balaban J connectivity index is 1.43. The number of fused-ring (bicyclic) bond motifs is 1.